The molecule has 1 aromatic rings. The predicted molar refractivity (Wildman–Crippen MR) is 89.9 cm³/mol. The third kappa shape index (κ3) is 4.18. The summed E-state index contributed by atoms with van der Waals surface area (Å²) in [5, 5.41) is 0.126. The first kappa shape index (κ1) is 19.0. The molecular weight excluding hydrogens is 377 g/mol. The van der Waals surface area contributed by atoms with E-state index in [1.54, 1.807) is 6.07 Å². The van der Waals surface area contributed by atoms with Crippen molar-refractivity contribution in [3.8, 4) is 0 Å². The van der Waals surface area contributed by atoms with E-state index in [2.05, 4.69) is 10.9 Å². The van der Waals surface area contributed by atoms with Crippen molar-refractivity contribution in [3.63, 3.8) is 0 Å². The zero-order valence-electron chi connectivity index (χ0n) is 12.9. The zero-order valence-corrected chi connectivity index (χ0v) is 15.2. The molecule has 0 aromatic heterocycles. The molecule has 1 heterocycles. The van der Waals surface area contributed by atoms with E-state index in [1.807, 2.05) is 0 Å². The Morgan fingerprint density at radius 3 is 2.17 bits per heavy atom. The van der Waals surface area contributed by atoms with Gasteiger partial charge in [-0.15, -0.1) is 0 Å². The molecule has 0 saturated carbocycles. The van der Waals surface area contributed by atoms with Gasteiger partial charge in [-0.25, -0.2) is 8.42 Å². The summed E-state index contributed by atoms with van der Waals surface area (Å²) in [5.74, 6) is -1.08. The minimum atomic E-state index is -3.83. The number of nitrogens with zero attached hydrogens (tertiary/aromatic N) is 1. The molecule has 2 N–H and O–H groups in total. The number of hydrogen-bond donors (Lipinski definition) is 2. The van der Waals surface area contributed by atoms with Gasteiger partial charge in [-0.3, -0.25) is 20.4 Å². The lowest BCUT2D eigenvalue weighted by Gasteiger charge is -2.30. The lowest BCUT2D eigenvalue weighted by Crippen LogP contribution is -2.47. The normalized spacial score (nSPS) is 16.6. The van der Waals surface area contributed by atoms with E-state index in [0.29, 0.717) is 12.8 Å². The molecule has 0 bridgehead atoms. The van der Waals surface area contributed by atoms with E-state index in [-0.39, 0.29) is 45.8 Å². The van der Waals surface area contributed by atoms with Gasteiger partial charge in [-0.1, -0.05) is 29.3 Å². The third-order valence-electron chi connectivity index (χ3n) is 3.70. The molecule has 132 valence electrons. The van der Waals surface area contributed by atoms with E-state index < -0.39 is 10.0 Å². The van der Waals surface area contributed by atoms with Crippen molar-refractivity contribution in [1.82, 2.24) is 15.2 Å². The van der Waals surface area contributed by atoms with Crippen LogP contribution in [0.4, 0.5) is 0 Å². The van der Waals surface area contributed by atoms with E-state index in [9.17, 15) is 18.0 Å². The molecule has 1 fully saturated rings. The number of amides is 2. The van der Waals surface area contributed by atoms with Gasteiger partial charge in [0.05, 0.1) is 10.0 Å². The molecule has 1 saturated heterocycles. The van der Waals surface area contributed by atoms with Crippen LogP contribution in [0.2, 0.25) is 10.0 Å². The lowest BCUT2D eigenvalue weighted by molar-refractivity contribution is -0.131. The quantitative estimate of drug-likeness (QED) is 0.761. The Morgan fingerprint density at radius 2 is 1.67 bits per heavy atom. The summed E-state index contributed by atoms with van der Waals surface area (Å²) in [6.07, 6.45) is 0.680. The molecule has 0 unspecified atom stereocenters. The van der Waals surface area contributed by atoms with Gasteiger partial charge in [0.2, 0.25) is 21.8 Å². The Morgan fingerprint density at radius 1 is 1.12 bits per heavy atom. The SMILES string of the molecule is CC(=O)NNC(=O)C1CCN(S(=O)(=O)c2c(Cl)cccc2Cl)CC1. The number of carbonyl (C=O) groups excluding carboxylic acids is 2. The van der Waals surface area contributed by atoms with Gasteiger partial charge in [0.15, 0.2) is 0 Å². The topological polar surface area (TPSA) is 95.6 Å². The van der Waals surface area contributed by atoms with Gasteiger partial charge < -0.3 is 0 Å². The molecule has 1 aliphatic rings. The molecule has 2 amide bonds. The summed E-state index contributed by atoms with van der Waals surface area (Å²) in [5.41, 5.74) is 4.53. The van der Waals surface area contributed by atoms with Crippen molar-refractivity contribution < 1.29 is 18.0 Å². The number of nitrogens with one attached hydrogen (secondary N) is 2. The van der Waals surface area contributed by atoms with Crippen molar-refractivity contribution in [2.75, 3.05) is 13.1 Å². The van der Waals surface area contributed by atoms with Crippen LogP contribution in [0.1, 0.15) is 19.8 Å². The van der Waals surface area contributed by atoms with Crippen molar-refractivity contribution >= 4 is 45.0 Å². The lowest BCUT2D eigenvalue weighted by atomic mass is 9.98. The molecule has 0 radical (unpaired) electrons. The Bertz CT molecular complexity index is 726. The second kappa shape index (κ2) is 7.69. The van der Waals surface area contributed by atoms with Gasteiger partial charge in [-0.2, -0.15) is 4.31 Å². The summed E-state index contributed by atoms with van der Waals surface area (Å²) in [7, 11) is -3.83. The molecule has 1 aromatic carbocycles. The Balaban J connectivity index is 2.06. The van der Waals surface area contributed by atoms with Crippen LogP contribution in [0.3, 0.4) is 0 Å². The Kier molecular flexibility index (Phi) is 6.08. The fourth-order valence-electron chi connectivity index (χ4n) is 2.47. The standard InChI is InChI=1S/C14H17Cl2N3O4S/c1-9(20)17-18-14(21)10-5-7-19(8-6-10)24(22,23)13-11(15)3-2-4-12(13)16/h2-4,10H,5-8H2,1H3,(H,17,20)(H,18,21). The van der Waals surface area contributed by atoms with Crippen LogP contribution in [0.5, 0.6) is 0 Å². The predicted octanol–water partition coefficient (Wildman–Crippen LogP) is 1.56. The van der Waals surface area contributed by atoms with Gasteiger partial charge in [0.25, 0.3) is 0 Å². The molecular formula is C14H17Cl2N3O4S. The van der Waals surface area contributed by atoms with E-state index >= 15 is 0 Å². The second-order valence-electron chi connectivity index (χ2n) is 5.40. The van der Waals surface area contributed by atoms with E-state index in [1.165, 1.54) is 23.4 Å². The molecule has 0 atom stereocenters. The molecule has 0 spiro atoms. The van der Waals surface area contributed by atoms with Crippen LogP contribution in [-0.2, 0) is 19.6 Å². The summed E-state index contributed by atoms with van der Waals surface area (Å²) < 4.78 is 26.7. The third-order valence-corrected chi connectivity index (χ3v) is 6.56. The molecule has 24 heavy (non-hydrogen) atoms. The molecule has 7 nitrogen and oxygen atoms in total. The molecule has 0 aliphatic carbocycles. The highest BCUT2D eigenvalue weighted by atomic mass is 35.5. The number of rotatable bonds is 3. The van der Waals surface area contributed by atoms with Crippen LogP contribution in [0.25, 0.3) is 0 Å². The zero-order chi connectivity index (χ0) is 17.9. The van der Waals surface area contributed by atoms with Crippen LogP contribution < -0.4 is 10.9 Å². The van der Waals surface area contributed by atoms with Gasteiger partial charge in [0.1, 0.15) is 4.90 Å². The minimum absolute atomic E-state index is 0.0630. The van der Waals surface area contributed by atoms with Gasteiger partial charge in [0, 0.05) is 25.9 Å². The number of sulfonamides is 1. The van der Waals surface area contributed by atoms with Gasteiger partial charge >= 0.3 is 0 Å². The van der Waals surface area contributed by atoms with Crippen molar-refractivity contribution in [1.29, 1.82) is 0 Å². The van der Waals surface area contributed by atoms with Crippen molar-refractivity contribution in [3.05, 3.63) is 28.2 Å². The van der Waals surface area contributed by atoms with Crippen molar-refractivity contribution in [2.45, 2.75) is 24.7 Å². The average Bonchev–Trinajstić information content (AvgIpc) is 2.52. The van der Waals surface area contributed by atoms with Crippen LogP contribution in [-0.4, -0.2) is 37.6 Å². The first-order chi connectivity index (χ1) is 11.2. The smallest absolute Gasteiger partial charge is 0.246 e. The Labute approximate surface area is 150 Å². The van der Waals surface area contributed by atoms with E-state index in [4.69, 9.17) is 23.2 Å². The largest absolute Gasteiger partial charge is 0.274 e. The van der Waals surface area contributed by atoms with Crippen LogP contribution in [0, 0.1) is 5.92 Å². The highest BCUT2D eigenvalue weighted by Crippen LogP contribution is 2.33. The number of piperidine rings is 1. The first-order valence-corrected chi connectivity index (χ1v) is 9.43. The highest BCUT2D eigenvalue weighted by molar-refractivity contribution is 7.89. The Hall–Kier alpha value is -1.35. The summed E-state index contributed by atoms with van der Waals surface area (Å²) >= 11 is 12.0. The maximum atomic E-state index is 12.7. The molecule has 2 rings (SSSR count). The second-order valence-corrected chi connectivity index (χ2v) is 8.09. The highest BCUT2D eigenvalue weighted by Gasteiger charge is 2.34. The van der Waals surface area contributed by atoms with E-state index in [0.717, 1.165) is 0 Å². The maximum Gasteiger partial charge on any atom is 0.246 e. The van der Waals surface area contributed by atoms with Crippen LogP contribution >= 0.6 is 23.2 Å². The molecule has 1 aliphatic heterocycles. The monoisotopic (exact) mass is 393 g/mol. The fraction of sp³-hybridized carbons (Fsp3) is 0.429. The van der Waals surface area contributed by atoms with Gasteiger partial charge in [-0.05, 0) is 25.0 Å². The minimum Gasteiger partial charge on any atom is -0.274 e. The number of hydrazine groups is 1. The maximum absolute atomic E-state index is 12.7. The number of carbonyl (C=O) groups is 2. The number of halogens is 2. The fourth-order valence-corrected chi connectivity index (χ4v) is 5.03. The number of hydrogen-bond acceptors (Lipinski definition) is 4. The summed E-state index contributed by atoms with van der Waals surface area (Å²) in [6, 6.07) is 4.50. The first-order valence-electron chi connectivity index (χ1n) is 7.24. The average molecular weight is 394 g/mol. The van der Waals surface area contributed by atoms with Crippen molar-refractivity contribution in [2.24, 2.45) is 5.92 Å². The summed E-state index contributed by atoms with van der Waals surface area (Å²) in [6.45, 7) is 1.62. The summed E-state index contributed by atoms with van der Waals surface area (Å²) in [4.78, 5) is 22.6. The molecule has 10 heteroatoms. The number of benzene rings is 1. The van der Waals surface area contributed by atoms with Crippen LogP contribution in [0.15, 0.2) is 23.1 Å².